The fourth-order valence-electron chi connectivity index (χ4n) is 1.84. The van der Waals surface area contributed by atoms with E-state index < -0.39 is 0 Å². The monoisotopic (exact) mass is 294 g/mol. The number of rotatable bonds is 6. The lowest BCUT2D eigenvalue weighted by Crippen LogP contribution is -2.40. The Bertz CT molecular complexity index is 475. The van der Waals surface area contributed by atoms with Gasteiger partial charge >= 0.3 is 0 Å². The molecule has 0 aliphatic rings. The van der Waals surface area contributed by atoms with Crippen molar-refractivity contribution in [2.24, 2.45) is 0 Å². The Hall–Kier alpha value is -1.49. The summed E-state index contributed by atoms with van der Waals surface area (Å²) in [4.78, 5) is 25.4. The molecule has 0 aliphatic carbocycles. The number of carbonyl (C=O) groups is 2. The van der Waals surface area contributed by atoms with Crippen molar-refractivity contribution >= 4 is 23.6 Å². The van der Waals surface area contributed by atoms with E-state index in [0.717, 1.165) is 11.3 Å². The molecule has 110 valence electrons. The number of hydrogen-bond acceptors (Lipinski definition) is 3. The van der Waals surface area contributed by atoms with Crippen molar-refractivity contribution in [3.05, 3.63) is 35.4 Å². The maximum absolute atomic E-state index is 12.3. The molecule has 2 amide bonds. The van der Waals surface area contributed by atoms with Gasteiger partial charge < -0.3 is 10.2 Å². The third-order valence-electron chi connectivity index (χ3n) is 2.66. The van der Waals surface area contributed by atoms with E-state index in [2.05, 4.69) is 5.32 Å². The molecule has 0 saturated carbocycles. The van der Waals surface area contributed by atoms with E-state index in [9.17, 15) is 9.59 Å². The van der Waals surface area contributed by atoms with E-state index in [0.29, 0.717) is 5.56 Å². The lowest BCUT2D eigenvalue weighted by Gasteiger charge is -2.18. The van der Waals surface area contributed by atoms with Crippen molar-refractivity contribution in [3.63, 3.8) is 0 Å². The standard InChI is InChI=1S/C15H22N2O2S/c1-11(2)16-14(18)9-17(3)15(19)13-7-5-6-12(8-13)10-20-4/h5-8,11H,9-10H2,1-4H3,(H,16,18). The van der Waals surface area contributed by atoms with Gasteiger partial charge in [0.05, 0.1) is 6.54 Å². The SMILES string of the molecule is CSCc1cccc(C(=O)N(C)CC(=O)NC(C)C)c1. The molecule has 0 fully saturated rings. The van der Waals surface area contributed by atoms with Crippen molar-refractivity contribution in [1.29, 1.82) is 0 Å². The second-order valence-corrected chi connectivity index (χ2v) is 5.88. The van der Waals surface area contributed by atoms with Crippen LogP contribution in [0.3, 0.4) is 0 Å². The van der Waals surface area contributed by atoms with Crippen molar-refractivity contribution in [2.75, 3.05) is 19.8 Å². The molecule has 0 aliphatic heterocycles. The van der Waals surface area contributed by atoms with Crippen LogP contribution in [0.25, 0.3) is 0 Å². The highest BCUT2D eigenvalue weighted by atomic mass is 32.2. The van der Waals surface area contributed by atoms with Crippen LogP contribution >= 0.6 is 11.8 Å². The number of nitrogens with zero attached hydrogens (tertiary/aromatic N) is 1. The largest absolute Gasteiger partial charge is 0.352 e. The van der Waals surface area contributed by atoms with E-state index >= 15 is 0 Å². The van der Waals surface area contributed by atoms with Crippen LogP contribution in [-0.2, 0) is 10.5 Å². The Morgan fingerprint density at radius 3 is 2.65 bits per heavy atom. The molecular weight excluding hydrogens is 272 g/mol. The van der Waals surface area contributed by atoms with E-state index in [4.69, 9.17) is 0 Å². The molecule has 0 spiro atoms. The summed E-state index contributed by atoms with van der Waals surface area (Å²) in [5, 5.41) is 2.78. The van der Waals surface area contributed by atoms with Crippen LogP contribution in [-0.4, -0.2) is 42.6 Å². The summed E-state index contributed by atoms with van der Waals surface area (Å²) in [5.74, 6) is 0.599. The molecule has 5 heteroatoms. The molecule has 4 nitrogen and oxygen atoms in total. The zero-order valence-corrected chi connectivity index (χ0v) is 13.3. The van der Waals surface area contributed by atoms with Gasteiger partial charge in [-0.1, -0.05) is 12.1 Å². The summed E-state index contributed by atoms with van der Waals surface area (Å²) in [5.41, 5.74) is 1.74. The van der Waals surface area contributed by atoms with Crippen LogP contribution in [0.1, 0.15) is 29.8 Å². The average molecular weight is 294 g/mol. The number of nitrogens with one attached hydrogen (secondary N) is 1. The molecule has 1 N–H and O–H groups in total. The molecular formula is C15H22N2O2S. The number of benzene rings is 1. The Morgan fingerprint density at radius 1 is 1.35 bits per heavy atom. The lowest BCUT2D eigenvalue weighted by molar-refractivity contribution is -0.122. The van der Waals surface area contributed by atoms with Crippen molar-refractivity contribution in [1.82, 2.24) is 10.2 Å². The summed E-state index contributed by atoms with van der Waals surface area (Å²) < 4.78 is 0. The number of amides is 2. The van der Waals surface area contributed by atoms with Crippen LogP contribution in [0.4, 0.5) is 0 Å². The van der Waals surface area contributed by atoms with Crippen molar-refractivity contribution in [2.45, 2.75) is 25.6 Å². The molecule has 0 saturated heterocycles. The third-order valence-corrected chi connectivity index (χ3v) is 3.28. The number of carbonyl (C=O) groups excluding carboxylic acids is 2. The zero-order chi connectivity index (χ0) is 15.1. The molecule has 0 aromatic heterocycles. The van der Waals surface area contributed by atoms with Crippen LogP contribution in [0.2, 0.25) is 0 Å². The van der Waals surface area contributed by atoms with Gasteiger partial charge in [-0.15, -0.1) is 0 Å². The Labute approximate surface area is 124 Å². The minimum atomic E-state index is -0.142. The highest BCUT2D eigenvalue weighted by Gasteiger charge is 2.15. The van der Waals surface area contributed by atoms with Crippen LogP contribution in [0.15, 0.2) is 24.3 Å². The second-order valence-electron chi connectivity index (χ2n) is 5.02. The molecule has 1 rings (SSSR count). The van der Waals surface area contributed by atoms with E-state index in [-0.39, 0.29) is 24.4 Å². The highest BCUT2D eigenvalue weighted by molar-refractivity contribution is 7.97. The van der Waals surface area contributed by atoms with Crippen LogP contribution < -0.4 is 5.32 Å². The molecule has 20 heavy (non-hydrogen) atoms. The van der Waals surface area contributed by atoms with E-state index in [1.165, 1.54) is 4.90 Å². The van der Waals surface area contributed by atoms with Gasteiger partial charge in [-0.05, 0) is 37.8 Å². The third kappa shape index (κ3) is 5.25. The van der Waals surface area contributed by atoms with E-state index in [1.807, 2.05) is 38.3 Å². The van der Waals surface area contributed by atoms with E-state index in [1.54, 1.807) is 24.9 Å². The molecule has 0 radical (unpaired) electrons. The Morgan fingerprint density at radius 2 is 2.05 bits per heavy atom. The summed E-state index contributed by atoms with van der Waals surface area (Å²) >= 11 is 1.71. The topological polar surface area (TPSA) is 49.4 Å². The summed E-state index contributed by atoms with van der Waals surface area (Å²) in [6.45, 7) is 3.86. The van der Waals surface area contributed by atoms with Gasteiger partial charge in [0.25, 0.3) is 5.91 Å². The normalized spacial score (nSPS) is 10.4. The number of thioether (sulfide) groups is 1. The summed E-state index contributed by atoms with van der Waals surface area (Å²) in [6, 6.07) is 7.62. The second kappa shape index (κ2) is 7.94. The minimum absolute atomic E-state index is 0.0732. The zero-order valence-electron chi connectivity index (χ0n) is 12.5. The fourth-order valence-corrected chi connectivity index (χ4v) is 2.35. The first kappa shape index (κ1) is 16.6. The molecule has 0 atom stereocenters. The molecule has 0 bridgehead atoms. The maximum Gasteiger partial charge on any atom is 0.254 e. The Balaban J connectivity index is 2.68. The number of likely N-dealkylation sites (N-methyl/N-ethyl adjacent to an activating group) is 1. The van der Waals surface area contributed by atoms with Gasteiger partial charge in [0.1, 0.15) is 0 Å². The van der Waals surface area contributed by atoms with Crippen LogP contribution in [0.5, 0.6) is 0 Å². The predicted molar refractivity (Wildman–Crippen MR) is 83.9 cm³/mol. The fraction of sp³-hybridized carbons (Fsp3) is 0.467. The van der Waals surface area contributed by atoms with Gasteiger partial charge in [-0.2, -0.15) is 11.8 Å². The van der Waals surface area contributed by atoms with Gasteiger partial charge in [-0.3, -0.25) is 9.59 Å². The first-order chi connectivity index (χ1) is 9.43. The smallest absolute Gasteiger partial charge is 0.254 e. The first-order valence-corrected chi connectivity index (χ1v) is 7.96. The maximum atomic E-state index is 12.3. The van der Waals surface area contributed by atoms with Gasteiger partial charge in [0.2, 0.25) is 5.91 Å². The lowest BCUT2D eigenvalue weighted by atomic mass is 10.1. The predicted octanol–water partition coefficient (Wildman–Crippen LogP) is 2.15. The van der Waals surface area contributed by atoms with Gasteiger partial charge in [-0.25, -0.2) is 0 Å². The summed E-state index contributed by atoms with van der Waals surface area (Å²) in [6.07, 6.45) is 2.02. The van der Waals surface area contributed by atoms with Crippen LogP contribution in [0, 0.1) is 0 Å². The average Bonchev–Trinajstić information content (AvgIpc) is 2.37. The van der Waals surface area contributed by atoms with Gasteiger partial charge in [0.15, 0.2) is 0 Å². The molecule has 0 unspecified atom stereocenters. The first-order valence-electron chi connectivity index (χ1n) is 6.56. The molecule has 1 aromatic carbocycles. The molecule has 0 heterocycles. The Kier molecular flexibility index (Phi) is 6.58. The van der Waals surface area contributed by atoms with Crippen molar-refractivity contribution in [3.8, 4) is 0 Å². The minimum Gasteiger partial charge on any atom is -0.352 e. The number of hydrogen-bond donors (Lipinski definition) is 1. The summed E-state index contributed by atoms with van der Waals surface area (Å²) in [7, 11) is 1.64. The molecule has 1 aromatic rings. The highest BCUT2D eigenvalue weighted by Crippen LogP contribution is 2.12. The quantitative estimate of drug-likeness (QED) is 0.874. The van der Waals surface area contributed by atoms with Crippen molar-refractivity contribution < 1.29 is 9.59 Å². The van der Waals surface area contributed by atoms with Gasteiger partial charge in [0, 0.05) is 24.4 Å².